The largest absolute Gasteiger partial charge is 0.508 e. The predicted octanol–water partition coefficient (Wildman–Crippen LogP) is 2.32. The Bertz CT molecular complexity index is 410. The number of hydrogen-bond acceptors (Lipinski definition) is 4. The Balaban J connectivity index is 1.77. The second-order valence-corrected chi connectivity index (χ2v) is 6.88. The average molecular weight is 256 g/mol. The molecule has 16 heavy (non-hydrogen) atoms. The molecule has 3 nitrogen and oxygen atoms in total. The molecular weight excluding hydrogens is 242 g/mol. The lowest BCUT2D eigenvalue weighted by Crippen LogP contribution is -2.28. The monoisotopic (exact) mass is 256 g/mol. The summed E-state index contributed by atoms with van der Waals surface area (Å²) in [6.45, 7) is 2.63. The first-order valence-corrected chi connectivity index (χ1v) is 7.39. The van der Waals surface area contributed by atoms with Gasteiger partial charge >= 0.3 is 0 Å². The SMILES string of the molecule is Oc1ccc(C2SC[N+]3(CC3)CS2)c(O)c1. The van der Waals surface area contributed by atoms with E-state index >= 15 is 0 Å². The van der Waals surface area contributed by atoms with E-state index in [-0.39, 0.29) is 11.5 Å². The summed E-state index contributed by atoms with van der Waals surface area (Å²) in [4.78, 5) is 0. The summed E-state index contributed by atoms with van der Waals surface area (Å²) >= 11 is 3.80. The van der Waals surface area contributed by atoms with Gasteiger partial charge in [0.1, 0.15) is 36.3 Å². The van der Waals surface area contributed by atoms with Crippen LogP contribution >= 0.6 is 23.5 Å². The first-order chi connectivity index (χ1) is 7.69. The first-order valence-electron chi connectivity index (χ1n) is 5.29. The summed E-state index contributed by atoms with van der Waals surface area (Å²) in [7, 11) is 0. The highest BCUT2D eigenvalue weighted by molar-refractivity contribution is 8.16. The van der Waals surface area contributed by atoms with Crippen molar-refractivity contribution in [2.24, 2.45) is 0 Å². The molecular formula is C11H14NO2S2+. The van der Waals surface area contributed by atoms with E-state index in [1.54, 1.807) is 6.07 Å². The van der Waals surface area contributed by atoms with Gasteiger partial charge in [-0.05, 0) is 12.1 Å². The molecule has 0 atom stereocenters. The van der Waals surface area contributed by atoms with E-state index in [0.29, 0.717) is 4.58 Å². The van der Waals surface area contributed by atoms with Crippen LogP contribution in [0, 0.1) is 0 Å². The third-order valence-corrected chi connectivity index (χ3v) is 6.45. The van der Waals surface area contributed by atoms with Crippen LogP contribution in [0.25, 0.3) is 0 Å². The lowest BCUT2D eigenvalue weighted by Gasteiger charge is -2.28. The highest BCUT2D eigenvalue weighted by Crippen LogP contribution is 2.51. The Morgan fingerprint density at radius 3 is 2.38 bits per heavy atom. The number of benzene rings is 1. The van der Waals surface area contributed by atoms with Gasteiger partial charge in [0.2, 0.25) is 0 Å². The van der Waals surface area contributed by atoms with Crippen LogP contribution in [-0.4, -0.2) is 39.5 Å². The number of phenolic OH excluding ortho intramolecular Hbond substituents is 2. The molecule has 2 N–H and O–H groups in total. The van der Waals surface area contributed by atoms with Crippen molar-refractivity contribution in [2.45, 2.75) is 4.58 Å². The number of quaternary nitrogens is 1. The maximum absolute atomic E-state index is 9.80. The van der Waals surface area contributed by atoms with Crippen LogP contribution in [0.15, 0.2) is 18.2 Å². The number of phenols is 2. The van der Waals surface area contributed by atoms with Crippen LogP contribution in [0.2, 0.25) is 0 Å². The van der Waals surface area contributed by atoms with Crippen molar-refractivity contribution in [3.63, 3.8) is 0 Å². The van der Waals surface area contributed by atoms with Crippen molar-refractivity contribution in [1.29, 1.82) is 0 Å². The van der Waals surface area contributed by atoms with Crippen LogP contribution < -0.4 is 0 Å². The fourth-order valence-electron chi connectivity index (χ4n) is 1.85. The Morgan fingerprint density at radius 2 is 1.81 bits per heavy atom. The second-order valence-electron chi connectivity index (χ2n) is 4.46. The van der Waals surface area contributed by atoms with Crippen LogP contribution in [0.1, 0.15) is 10.1 Å². The first kappa shape index (κ1) is 10.6. The third kappa shape index (κ3) is 1.87. The molecule has 0 unspecified atom stereocenters. The molecule has 3 rings (SSSR count). The van der Waals surface area contributed by atoms with Gasteiger partial charge in [-0.3, -0.25) is 4.48 Å². The zero-order chi connectivity index (χ0) is 11.2. The van der Waals surface area contributed by atoms with E-state index in [4.69, 9.17) is 0 Å². The molecule has 2 fully saturated rings. The highest BCUT2D eigenvalue weighted by Gasteiger charge is 2.46. The topological polar surface area (TPSA) is 40.5 Å². The molecule has 0 aliphatic carbocycles. The Labute approximate surface area is 103 Å². The van der Waals surface area contributed by atoms with Gasteiger partial charge < -0.3 is 10.2 Å². The van der Waals surface area contributed by atoms with Crippen molar-refractivity contribution in [3.05, 3.63) is 23.8 Å². The second kappa shape index (κ2) is 3.75. The quantitative estimate of drug-likeness (QED) is 0.597. The lowest BCUT2D eigenvalue weighted by atomic mass is 10.2. The zero-order valence-corrected chi connectivity index (χ0v) is 10.4. The number of rotatable bonds is 1. The number of hydrogen-bond donors (Lipinski definition) is 2. The Kier molecular flexibility index (Phi) is 2.49. The normalized spacial score (nSPS) is 23.5. The molecule has 1 aromatic rings. The van der Waals surface area contributed by atoms with Gasteiger partial charge in [-0.2, -0.15) is 0 Å². The van der Waals surface area contributed by atoms with Gasteiger partial charge in [0.25, 0.3) is 0 Å². The molecule has 1 aromatic carbocycles. The third-order valence-electron chi connectivity index (χ3n) is 3.12. The summed E-state index contributed by atoms with van der Waals surface area (Å²) < 4.78 is 1.55. The molecule has 0 aromatic heterocycles. The molecule has 0 amide bonds. The van der Waals surface area contributed by atoms with Gasteiger partial charge in [0, 0.05) is 11.6 Å². The molecule has 0 saturated carbocycles. The van der Waals surface area contributed by atoms with Crippen LogP contribution in [0.3, 0.4) is 0 Å². The Hall–Kier alpha value is -0.520. The van der Waals surface area contributed by atoms with Crippen molar-refractivity contribution < 1.29 is 14.7 Å². The Morgan fingerprint density at radius 1 is 1.12 bits per heavy atom. The average Bonchev–Trinajstić information content (AvgIpc) is 3.00. The number of nitrogens with zero attached hydrogens (tertiary/aromatic N) is 1. The van der Waals surface area contributed by atoms with Crippen molar-refractivity contribution >= 4 is 23.5 Å². The van der Waals surface area contributed by atoms with Gasteiger partial charge in [0.15, 0.2) is 0 Å². The van der Waals surface area contributed by atoms with E-state index in [1.165, 1.54) is 23.6 Å². The zero-order valence-electron chi connectivity index (χ0n) is 8.80. The standard InChI is InChI=1S/C11H13NO2S2/c13-8-1-2-9(10(14)5-8)11-15-6-12(3-4-12)7-16-11/h1-2,5,11H,3-4,6-7H2,(H-,13,14)/p+1. The molecule has 2 aliphatic heterocycles. The van der Waals surface area contributed by atoms with Gasteiger partial charge in [-0.25, -0.2) is 0 Å². The molecule has 2 heterocycles. The summed E-state index contributed by atoms with van der Waals surface area (Å²) in [6.07, 6.45) is 0. The van der Waals surface area contributed by atoms with E-state index in [9.17, 15) is 10.2 Å². The van der Waals surface area contributed by atoms with E-state index in [2.05, 4.69) is 0 Å². The summed E-state index contributed by atoms with van der Waals surface area (Å²) in [5, 5.41) is 19.0. The molecule has 86 valence electrons. The maximum Gasteiger partial charge on any atom is 0.130 e. The summed E-state index contributed by atoms with van der Waals surface area (Å²) in [5.74, 6) is 2.64. The minimum absolute atomic E-state index is 0.126. The van der Waals surface area contributed by atoms with E-state index < -0.39 is 0 Å². The minimum atomic E-state index is 0.126. The van der Waals surface area contributed by atoms with Gasteiger partial charge in [-0.1, -0.05) is 23.5 Å². The fourth-order valence-corrected chi connectivity index (χ4v) is 5.07. The molecule has 1 spiro atoms. The lowest BCUT2D eigenvalue weighted by molar-refractivity contribution is -0.770. The van der Waals surface area contributed by atoms with Gasteiger partial charge in [-0.15, -0.1) is 0 Å². The van der Waals surface area contributed by atoms with Crippen molar-refractivity contribution in [2.75, 3.05) is 24.8 Å². The number of aromatic hydroxyl groups is 2. The molecule has 2 saturated heterocycles. The summed E-state index contributed by atoms with van der Waals surface area (Å²) in [6, 6.07) is 4.90. The van der Waals surface area contributed by atoms with Crippen LogP contribution in [-0.2, 0) is 0 Å². The maximum atomic E-state index is 9.80. The summed E-state index contributed by atoms with van der Waals surface area (Å²) in [5.41, 5.74) is 0.938. The molecule has 0 radical (unpaired) electrons. The highest BCUT2D eigenvalue weighted by atomic mass is 32.2. The van der Waals surface area contributed by atoms with E-state index in [1.807, 2.05) is 29.6 Å². The number of thioether (sulfide) groups is 2. The molecule has 2 aliphatic rings. The van der Waals surface area contributed by atoms with Crippen LogP contribution in [0.5, 0.6) is 11.5 Å². The molecule has 5 heteroatoms. The minimum Gasteiger partial charge on any atom is -0.508 e. The van der Waals surface area contributed by atoms with Crippen molar-refractivity contribution in [3.8, 4) is 11.5 Å². The predicted molar refractivity (Wildman–Crippen MR) is 67.4 cm³/mol. The van der Waals surface area contributed by atoms with Crippen molar-refractivity contribution in [1.82, 2.24) is 0 Å². The fraction of sp³-hybridized carbons (Fsp3) is 0.455. The van der Waals surface area contributed by atoms with Crippen LogP contribution in [0.4, 0.5) is 0 Å². The molecule has 0 bridgehead atoms. The smallest absolute Gasteiger partial charge is 0.130 e. The van der Waals surface area contributed by atoms with E-state index in [0.717, 1.165) is 17.3 Å². The van der Waals surface area contributed by atoms with Gasteiger partial charge in [0.05, 0.1) is 4.58 Å².